The van der Waals surface area contributed by atoms with Gasteiger partial charge in [-0.25, -0.2) is 9.83 Å². The molecule has 1 N–H and O–H groups in total. The van der Waals surface area contributed by atoms with Gasteiger partial charge in [-0.15, -0.1) is 0 Å². The van der Waals surface area contributed by atoms with Crippen molar-refractivity contribution in [3.05, 3.63) is 24.3 Å². The lowest BCUT2D eigenvalue weighted by molar-refractivity contribution is 0.0489. The van der Waals surface area contributed by atoms with Crippen molar-refractivity contribution < 1.29 is 4.84 Å². The predicted molar refractivity (Wildman–Crippen MR) is 52.1 cm³/mol. The Kier molecular flexibility index (Phi) is 2.19. The van der Waals surface area contributed by atoms with E-state index < -0.39 is 0 Å². The third-order valence-electron chi connectivity index (χ3n) is 2.38. The van der Waals surface area contributed by atoms with E-state index in [0.717, 1.165) is 5.84 Å². The zero-order valence-corrected chi connectivity index (χ0v) is 7.90. The van der Waals surface area contributed by atoms with Gasteiger partial charge in [0.2, 0.25) is 0 Å². The van der Waals surface area contributed by atoms with Crippen molar-refractivity contribution in [3.63, 3.8) is 0 Å². The Morgan fingerprint density at radius 1 is 1.31 bits per heavy atom. The van der Waals surface area contributed by atoms with E-state index in [4.69, 9.17) is 4.84 Å². The minimum Gasteiger partial charge on any atom is -0.250 e. The first kappa shape index (κ1) is 8.51. The van der Waals surface area contributed by atoms with Crippen LogP contribution in [0.3, 0.4) is 0 Å². The molecule has 13 heavy (non-hydrogen) atoms. The first-order valence-corrected chi connectivity index (χ1v) is 4.62. The molecule has 0 aromatic heterocycles. The van der Waals surface area contributed by atoms with E-state index in [9.17, 15) is 0 Å². The molecule has 0 bridgehead atoms. The van der Waals surface area contributed by atoms with Crippen LogP contribution in [0.5, 0.6) is 0 Å². The van der Waals surface area contributed by atoms with Crippen LogP contribution >= 0.6 is 0 Å². The summed E-state index contributed by atoms with van der Waals surface area (Å²) >= 11 is 0. The van der Waals surface area contributed by atoms with Crippen molar-refractivity contribution in [2.24, 2.45) is 16.8 Å². The maximum atomic E-state index is 5.16. The minimum atomic E-state index is -0.0542. The van der Waals surface area contributed by atoms with E-state index >= 15 is 0 Å². The lowest BCUT2D eigenvalue weighted by Crippen LogP contribution is -2.29. The maximum absolute atomic E-state index is 5.16. The molecule has 70 valence electrons. The molecule has 3 unspecified atom stereocenters. The Labute approximate surface area is 78.1 Å². The van der Waals surface area contributed by atoms with Gasteiger partial charge in [-0.3, -0.25) is 5.48 Å². The second-order valence-electron chi connectivity index (χ2n) is 3.49. The van der Waals surface area contributed by atoms with E-state index in [1.807, 2.05) is 6.92 Å². The highest BCUT2D eigenvalue weighted by molar-refractivity contribution is 5.87. The van der Waals surface area contributed by atoms with Crippen LogP contribution < -0.4 is 5.48 Å². The van der Waals surface area contributed by atoms with Crippen LogP contribution in [0.4, 0.5) is 0 Å². The molecule has 1 aliphatic carbocycles. The second-order valence-corrected chi connectivity index (χ2v) is 3.49. The highest BCUT2D eigenvalue weighted by Crippen LogP contribution is 2.21. The van der Waals surface area contributed by atoms with E-state index in [0.29, 0.717) is 11.8 Å². The average molecular weight is 178 g/mol. The predicted octanol–water partition coefficient (Wildman–Crippen LogP) is 1.64. The molecule has 2 rings (SSSR count). The summed E-state index contributed by atoms with van der Waals surface area (Å²) < 4.78 is 0. The molecule has 0 saturated carbocycles. The highest BCUT2D eigenvalue weighted by atomic mass is 16.7. The number of aliphatic imine (C=N–C) groups is 1. The van der Waals surface area contributed by atoms with Gasteiger partial charge in [0, 0.05) is 5.92 Å². The summed E-state index contributed by atoms with van der Waals surface area (Å²) in [5.41, 5.74) is 2.87. The van der Waals surface area contributed by atoms with Gasteiger partial charge >= 0.3 is 0 Å². The number of hydroxylamine groups is 1. The molecule has 2 aliphatic rings. The lowest BCUT2D eigenvalue weighted by Gasteiger charge is -2.19. The Bertz CT molecular complexity index is 281. The maximum Gasteiger partial charge on any atom is 0.174 e. The average Bonchev–Trinajstić information content (AvgIpc) is 2.53. The highest BCUT2D eigenvalue weighted by Gasteiger charge is 2.24. The standard InChI is InChI=1S/C10H14N2O/c1-7-5-3-4-6-9(7)10-11-8(2)13-12-10/h3-9H,1-2H3,(H,11,12). The largest absolute Gasteiger partial charge is 0.250 e. The summed E-state index contributed by atoms with van der Waals surface area (Å²) in [6, 6.07) is 0. The number of nitrogens with zero attached hydrogens (tertiary/aromatic N) is 1. The molecule has 0 aromatic carbocycles. The van der Waals surface area contributed by atoms with Crippen LogP contribution in [0.25, 0.3) is 0 Å². The number of hydrogen-bond donors (Lipinski definition) is 1. The zero-order chi connectivity index (χ0) is 9.26. The lowest BCUT2D eigenvalue weighted by atomic mass is 9.89. The fourth-order valence-corrected chi connectivity index (χ4v) is 1.61. The summed E-state index contributed by atoms with van der Waals surface area (Å²) in [4.78, 5) is 9.52. The third-order valence-corrected chi connectivity index (χ3v) is 2.38. The molecule has 0 saturated heterocycles. The van der Waals surface area contributed by atoms with Gasteiger partial charge < -0.3 is 0 Å². The molecular formula is C10H14N2O. The molecule has 0 aromatic rings. The van der Waals surface area contributed by atoms with Gasteiger partial charge in [-0.2, -0.15) is 0 Å². The molecular weight excluding hydrogens is 164 g/mol. The van der Waals surface area contributed by atoms with Crippen LogP contribution in [-0.4, -0.2) is 12.1 Å². The second kappa shape index (κ2) is 3.34. The smallest absolute Gasteiger partial charge is 0.174 e. The van der Waals surface area contributed by atoms with Crippen LogP contribution in [0.15, 0.2) is 29.3 Å². The fraction of sp³-hybridized carbons (Fsp3) is 0.500. The van der Waals surface area contributed by atoms with Crippen LogP contribution in [0, 0.1) is 11.8 Å². The topological polar surface area (TPSA) is 33.6 Å². The number of amidine groups is 1. The van der Waals surface area contributed by atoms with E-state index in [-0.39, 0.29) is 6.23 Å². The van der Waals surface area contributed by atoms with E-state index in [2.05, 4.69) is 41.7 Å². The normalized spacial score (nSPS) is 37.4. The molecule has 1 aliphatic heterocycles. The number of rotatable bonds is 1. The SMILES string of the molecule is CC1N=C(C2C=CC=CC2C)NO1. The first-order valence-electron chi connectivity index (χ1n) is 4.62. The Hall–Kier alpha value is -1.09. The molecule has 0 fully saturated rings. The van der Waals surface area contributed by atoms with Gasteiger partial charge in [0.15, 0.2) is 6.23 Å². The Balaban J connectivity index is 2.13. The number of nitrogens with one attached hydrogen (secondary N) is 1. The summed E-state index contributed by atoms with van der Waals surface area (Å²) in [7, 11) is 0. The number of hydrogen-bond acceptors (Lipinski definition) is 3. The van der Waals surface area contributed by atoms with Gasteiger partial charge in [0.25, 0.3) is 0 Å². The molecule has 0 radical (unpaired) electrons. The van der Waals surface area contributed by atoms with Crippen molar-refractivity contribution in [3.8, 4) is 0 Å². The molecule has 0 amide bonds. The monoisotopic (exact) mass is 178 g/mol. The van der Waals surface area contributed by atoms with Crippen molar-refractivity contribution in [1.82, 2.24) is 5.48 Å². The van der Waals surface area contributed by atoms with Crippen molar-refractivity contribution >= 4 is 5.84 Å². The quantitative estimate of drug-likeness (QED) is 0.662. The van der Waals surface area contributed by atoms with Crippen LogP contribution in [-0.2, 0) is 4.84 Å². The van der Waals surface area contributed by atoms with E-state index in [1.165, 1.54) is 0 Å². The zero-order valence-electron chi connectivity index (χ0n) is 7.90. The number of allylic oxidation sites excluding steroid dienone is 3. The van der Waals surface area contributed by atoms with Crippen molar-refractivity contribution in [2.45, 2.75) is 20.1 Å². The van der Waals surface area contributed by atoms with Gasteiger partial charge in [0.05, 0.1) is 0 Å². The first-order chi connectivity index (χ1) is 6.27. The van der Waals surface area contributed by atoms with Gasteiger partial charge in [-0.05, 0) is 12.8 Å². The molecule has 1 heterocycles. The molecule has 0 spiro atoms. The Morgan fingerprint density at radius 3 is 2.69 bits per heavy atom. The molecule has 3 heteroatoms. The summed E-state index contributed by atoms with van der Waals surface area (Å²) in [5, 5.41) is 0. The summed E-state index contributed by atoms with van der Waals surface area (Å²) in [6.45, 7) is 4.10. The minimum absolute atomic E-state index is 0.0542. The van der Waals surface area contributed by atoms with Crippen LogP contribution in [0.2, 0.25) is 0 Å². The summed E-state index contributed by atoms with van der Waals surface area (Å²) in [5.74, 6) is 1.78. The molecule has 3 atom stereocenters. The van der Waals surface area contributed by atoms with Gasteiger partial charge in [0.1, 0.15) is 5.84 Å². The Morgan fingerprint density at radius 2 is 2.08 bits per heavy atom. The fourth-order valence-electron chi connectivity index (χ4n) is 1.61. The van der Waals surface area contributed by atoms with Crippen LogP contribution in [0.1, 0.15) is 13.8 Å². The van der Waals surface area contributed by atoms with E-state index in [1.54, 1.807) is 0 Å². The molecule has 3 nitrogen and oxygen atoms in total. The summed E-state index contributed by atoms with van der Waals surface area (Å²) in [6.07, 6.45) is 8.40. The van der Waals surface area contributed by atoms with Crippen molar-refractivity contribution in [1.29, 1.82) is 0 Å². The van der Waals surface area contributed by atoms with Gasteiger partial charge in [-0.1, -0.05) is 31.2 Å². The third kappa shape index (κ3) is 1.65. The van der Waals surface area contributed by atoms with Crippen molar-refractivity contribution in [2.75, 3.05) is 0 Å².